The Balaban J connectivity index is 2.14. The highest BCUT2D eigenvalue weighted by atomic mass is 79.9. The molecule has 1 aliphatic carbocycles. The molecule has 5 heteroatoms. The van der Waals surface area contributed by atoms with E-state index in [4.69, 9.17) is 9.47 Å². The predicted octanol–water partition coefficient (Wildman–Crippen LogP) is 4.77. The van der Waals surface area contributed by atoms with Gasteiger partial charge in [-0.25, -0.2) is 0 Å². The molecule has 3 unspecified atom stereocenters. The van der Waals surface area contributed by atoms with Crippen LogP contribution in [0.15, 0.2) is 21.1 Å². The van der Waals surface area contributed by atoms with E-state index in [0.29, 0.717) is 6.04 Å². The van der Waals surface area contributed by atoms with E-state index in [9.17, 15) is 0 Å². The van der Waals surface area contributed by atoms with Crippen molar-refractivity contribution in [3.63, 3.8) is 0 Å². The normalized spacial score (nSPS) is 28.1. The van der Waals surface area contributed by atoms with Gasteiger partial charge in [0.05, 0.1) is 16.1 Å². The smallest absolute Gasteiger partial charge is 0.135 e. The van der Waals surface area contributed by atoms with Crippen LogP contribution in [0.4, 0.5) is 0 Å². The maximum absolute atomic E-state index is 6.27. The van der Waals surface area contributed by atoms with Gasteiger partial charge in [-0.15, -0.1) is 0 Å². The summed E-state index contributed by atoms with van der Waals surface area (Å²) in [5.74, 6) is 1.66. The van der Waals surface area contributed by atoms with Gasteiger partial charge in [0.1, 0.15) is 17.6 Å². The second-order valence-corrected chi connectivity index (χ2v) is 7.44. The molecule has 0 heterocycles. The first-order valence-corrected chi connectivity index (χ1v) is 8.97. The van der Waals surface area contributed by atoms with Crippen LogP contribution in [0.3, 0.4) is 0 Å². The number of hydrogen-bond acceptors (Lipinski definition) is 3. The van der Waals surface area contributed by atoms with Crippen molar-refractivity contribution in [2.45, 2.75) is 45.8 Å². The molecule has 21 heavy (non-hydrogen) atoms. The minimum Gasteiger partial charge on any atom is -0.496 e. The Bertz CT molecular complexity index is 509. The van der Waals surface area contributed by atoms with Crippen LogP contribution in [0.1, 0.15) is 33.6 Å². The zero-order valence-electron chi connectivity index (χ0n) is 13.0. The maximum atomic E-state index is 6.27. The molecule has 3 atom stereocenters. The molecule has 0 amide bonds. The molecule has 3 nitrogen and oxygen atoms in total. The molecule has 0 radical (unpaired) electrons. The van der Waals surface area contributed by atoms with Gasteiger partial charge < -0.3 is 14.8 Å². The molecule has 118 valence electrons. The molecule has 0 saturated heterocycles. The van der Waals surface area contributed by atoms with Crippen molar-refractivity contribution in [3.05, 3.63) is 21.1 Å². The number of benzene rings is 1. The van der Waals surface area contributed by atoms with E-state index in [-0.39, 0.29) is 11.5 Å². The summed E-state index contributed by atoms with van der Waals surface area (Å²) < 4.78 is 13.4. The van der Waals surface area contributed by atoms with E-state index < -0.39 is 0 Å². The first kappa shape index (κ1) is 17.1. The summed E-state index contributed by atoms with van der Waals surface area (Å²) in [6, 6.07) is 4.45. The quantitative estimate of drug-likeness (QED) is 0.719. The van der Waals surface area contributed by atoms with E-state index in [2.05, 4.69) is 57.9 Å². The van der Waals surface area contributed by atoms with Crippen LogP contribution in [0.2, 0.25) is 0 Å². The second kappa shape index (κ2) is 6.88. The lowest BCUT2D eigenvalue weighted by Gasteiger charge is -2.53. The Morgan fingerprint density at radius 3 is 2.43 bits per heavy atom. The highest BCUT2D eigenvalue weighted by Gasteiger charge is 2.51. The van der Waals surface area contributed by atoms with Crippen molar-refractivity contribution < 1.29 is 9.47 Å². The molecule has 1 saturated carbocycles. The zero-order chi connectivity index (χ0) is 15.6. The average molecular weight is 421 g/mol. The van der Waals surface area contributed by atoms with E-state index in [1.807, 2.05) is 12.1 Å². The summed E-state index contributed by atoms with van der Waals surface area (Å²) in [4.78, 5) is 0. The Morgan fingerprint density at radius 1 is 1.24 bits per heavy atom. The zero-order valence-corrected chi connectivity index (χ0v) is 16.2. The van der Waals surface area contributed by atoms with E-state index in [1.54, 1.807) is 7.11 Å². The molecular formula is C16H23Br2NO2. The first-order chi connectivity index (χ1) is 9.96. The average Bonchev–Trinajstić information content (AvgIpc) is 2.48. The van der Waals surface area contributed by atoms with Gasteiger partial charge in [0.15, 0.2) is 0 Å². The van der Waals surface area contributed by atoms with Gasteiger partial charge in [0.25, 0.3) is 0 Å². The molecule has 1 aliphatic rings. The third-order valence-electron chi connectivity index (χ3n) is 4.67. The van der Waals surface area contributed by atoms with Crippen LogP contribution in [-0.4, -0.2) is 25.8 Å². The van der Waals surface area contributed by atoms with Crippen LogP contribution in [0.5, 0.6) is 11.5 Å². The molecule has 1 aromatic rings. The lowest BCUT2D eigenvalue weighted by molar-refractivity contribution is -0.0700. The van der Waals surface area contributed by atoms with Crippen molar-refractivity contribution in [2.75, 3.05) is 13.7 Å². The molecule has 0 spiro atoms. The van der Waals surface area contributed by atoms with Crippen molar-refractivity contribution >= 4 is 31.9 Å². The third kappa shape index (κ3) is 3.25. The number of rotatable bonds is 6. The molecule has 1 N–H and O–H groups in total. The van der Waals surface area contributed by atoms with Gasteiger partial charge in [-0.1, -0.05) is 20.8 Å². The number of ether oxygens (including phenoxy) is 2. The first-order valence-electron chi connectivity index (χ1n) is 7.39. The van der Waals surface area contributed by atoms with Gasteiger partial charge in [-0.3, -0.25) is 0 Å². The van der Waals surface area contributed by atoms with Gasteiger partial charge >= 0.3 is 0 Å². The lowest BCUT2D eigenvalue weighted by Crippen LogP contribution is -2.63. The molecular weight excluding hydrogens is 398 g/mol. The van der Waals surface area contributed by atoms with Gasteiger partial charge in [0.2, 0.25) is 0 Å². The monoisotopic (exact) mass is 419 g/mol. The lowest BCUT2D eigenvalue weighted by atomic mass is 9.61. The molecule has 0 aromatic heterocycles. The van der Waals surface area contributed by atoms with Gasteiger partial charge in [-0.05, 0) is 57.0 Å². The Morgan fingerprint density at radius 2 is 1.86 bits per heavy atom. The maximum Gasteiger partial charge on any atom is 0.135 e. The SMILES string of the molecule is CCNC1CC(Oc2cc(Br)c(OC)cc2Br)C1(C)CC. The van der Waals surface area contributed by atoms with Crippen LogP contribution in [0.25, 0.3) is 0 Å². The van der Waals surface area contributed by atoms with Crippen LogP contribution in [0, 0.1) is 5.41 Å². The van der Waals surface area contributed by atoms with Gasteiger partial charge in [-0.2, -0.15) is 0 Å². The van der Waals surface area contributed by atoms with Gasteiger partial charge in [0, 0.05) is 17.9 Å². The topological polar surface area (TPSA) is 30.5 Å². The molecule has 1 fully saturated rings. The number of hydrogen-bond donors (Lipinski definition) is 1. The van der Waals surface area contributed by atoms with E-state index in [1.165, 1.54) is 0 Å². The summed E-state index contributed by atoms with van der Waals surface area (Å²) in [5, 5.41) is 3.56. The second-order valence-electron chi connectivity index (χ2n) is 5.73. The van der Waals surface area contributed by atoms with Crippen LogP contribution >= 0.6 is 31.9 Å². The van der Waals surface area contributed by atoms with Crippen LogP contribution in [-0.2, 0) is 0 Å². The number of methoxy groups -OCH3 is 1. The molecule has 0 bridgehead atoms. The summed E-state index contributed by atoms with van der Waals surface area (Å²) in [7, 11) is 1.66. The Kier molecular flexibility index (Phi) is 5.60. The fraction of sp³-hybridized carbons (Fsp3) is 0.625. The fourth-order valence-corrected chi connectivity index (χ4v) is 3.85. The molecule has 1 aromatic carbocycles. The summed E-state index contributed by atoms with van der Waals surface area (Å²) >= 11 is 7.08. The highest BCUT2D eigenvalue weighted by Crippen LogP contribution is 2.47. The van der Waals surface area contributed by atoms with Crippen molar-refractivity contribution in [1.82, 2.24) is 5.32 Å². The van der Waals surface area contributed by atoms with Crippen molar-refractivity contribution in [3.8, 4) is 11.5 Å². The predicted molar refractivity (Wildman–Crippen MR) is 93.3 cm³/mol. The summed E-state index contributed by atoms with van der Waals surface area (Å²) in [6.45, 7) is 7.70. The standard InChI is InChI=1S/C16H23Br2NO2/c1-5-16(3)14(19-6-2)9-15(16)21-13-8-10(17)12(20-4)7-11(13)18/h7-8,14-15,19H,5-6,9H2,1-4H3. The Hall–Kier alpha value is -0.260. The minimum atomic E-state index is 0.182. The summed E-state index contributed by atoms with van der Waals surface area (Å²) in [5.41, 5.74) is 0.182. The van der Waals surface area contributed by atoms with Crippen molar-refractivity contribution in [1.29, 1.82) is 0 Å². The summed E-state index contributed by atoms with van der Waals surface area (Å²) in [6.07, 6.45) is 2.39. The van der Waals surface area contributed by atoms with Crippen molar-refractivity contribution in [2.24, 2.45) is 5.41 Å². The number of halogens is 2. The Labute approximate surface area is 144 Å². The molecule has 0 aliphatic heterocycles. The highest BCUT2D eigenvalue weighted by molar-refractivity contribution is 9.11. The third-order valence-corrected chi connectivity index (χ3v) is 5.91. The minimum absolute atomic E-state index is 0.182. The van der Waals surface area contributed by atoms with E-state index in [0.717, 1.165) is 39.8 Å². The van der Waals surface area contributed by atoms with Crippen LogP contribution < -0.4 is 14.8 Å². The largest absolute Gasteiger partial charge is 0.496 e. The molecule has 2 rings (SSSR count). The van der Waals surface area contributed by atoms with E-state index >= 15 is 0 Å². The number of nitrogens with one attached hydrogen (secondary N) is 1. The fourth-order valence-electron chi connectivity index (χ4n) is 2.95.